The van der Waals surface area contributed by atoms with Crippen LogP contribution in [-0.2, 0) is 10.0 Å². The summed E-state index contributed by atoms with van der Waals surface area (Å²) >= 11 is 0. The maximum atomic E-state index is 13.5. The normalized spacial score (nSPS) is 26.4. The lowest BCUT2D eigenvalue weighted by Gasteiger charge is -2.44. The predicted octanol–water partition coefficient (Wildman–Crippen LogP) is 2.42. The summed E-state index contributed by atoms with van der Waals surface area (Å²) in [6.07, 6.45) is 2.21. The molecule has 1 unspecified atom stereocenters. The third-order valence-electron chi connectivity index (χ3n) is 6.68. The van der Waals surface area contributed by atoms with Gasteiger partial charge in [-0.2, -0.15) is 4.31 Å². The summed E-state index contributed by atoms with van der Waals surface area (Å²) in [6, 6.07) is 14.8. The predicted molar refractivity (Wildman–Crippen MR) is 130 cm³/mol. The molecule has 3 aliphatic rings. The molecule has 0 radical (unpaired) electrons. The first kappa shape index (κ1) is 21.8. The molecule has 0 saturated carbocycles. The topological polar surface area (TPSA) is 85.6 Å². The molecule has 0 bridgehead atoms. The highest BCUT2D eigenvalue weighted by atomic mass is 32.2. The highest BCUT2D eigenvalue weighted by molar-refractivity contribution is 8.04. The Bertz CT molecular complexity index is 1290. The fourth-order valence-corrected chi connectivity index (χ4v) is 6.69. The molecule has 1 N–H and O–H groups in total. The van der Waals surface area contributed by atoms with Gasteiger partial charge in [0.05, 0.1) is 24.7 Å². The van der Waals surface area contributed by atoms with Crippen molar-refractivity contribution in [3.63, 3.8) is 0 Å². The van der Waals surface area contributed by atoms with E-state index in [1.807, 2.05) is 62.5 Å². The Morgan fingerprint density at radius 3 is 2.58 bits per heavy atom. The summed E-state index contributed by atoms with van der Waals surface area (Å²) < 4.78 is 28.5. The number of anilines is 1. The molecule has 2 aromatic rings. The number of aliphatic hydroxyl groups excluding tert-OH is 1. The van der Waals surface area contributed by atoms with Gasteiger partial charge < -0.3 is 10.0 Å². The smallest absolute Gasteiger partial charge is 0.278 e. The van der Waals surface area contributed by atoms with Gasteiger partial charge in [-0.25, -0.2) is 18.4 Å². The van der Waals surface area contributed by atoms with Crippen LogP contribution >= 0.6 is 0 Å². The van der Waals surface area contributed by atoms with E-state index in [1.54, 1.807) is 6.21 Å². The van der Waals surface area contributed by atoms with Crippen molar-refractivity contribution in [1.82, 2.24) is 4.31 Å². The lowest BCUT2D eigenvalue weighted by molar-refractivity contribution is 0.193. The number of amidine groups is 1. The van der Waals surface area contributed by atoms with Gasteiger partial charge in [-0.05, 0) is 49.2 Å². The Labute approximate surface area is 194 Å². The van der Waals surface area contributed by atoms with Gasteiger partial charge >= 0.3 is 0 Å². The quantitative estimate of drug-likeness (QED) is 0.695. The van der Waals surface area contributed by atoms with Crippen molar-refractivity contribution in [3.05, 3.63) is 65.2 Å². The first-order valence-corrected chi connectivity index (χ1v) is 12.5. The number of aliphatic imine (C=N–C) groups is 2. The molecule has 5 rings (SSSR count). The van der Waals surface area contributed by atoms with E-state index in [1.165, 1.54) is 4.31 Å². The molecule has 0 amide bonds. The second-order valence-corrected chi connectivity index (χ2v) is 10.5. The standard InChI is InChI=1S/C25H26N4O3S/c1-17-15-26-25(27-17)33(31,32)29-13-12-20-23(16-30)28(2)22-11-10-19(14-21(22)24(20)29)9-8-18-6-4-3-5-7-18/h3-7,10-11,14-15,17,20,23-24,30H,12-13,16H2,1-2H3/t17?,20-,23+,24-/m0/s1. The van der Waals surface area contributed by atoms with Gasteiger partial charge in [-0.15, -0.1) is 0 Å². The van der Waals surface area contributed by atoms with E-state index in [2.05, 4.69) is 26.7 Å². The number of fused-ring (bicyclic) bond motifs is 3. The molecule has 0 aromatic heterocycles. The molecule has 4 atom stereocenters. The largest absolute Gasteiger partial charge is 0.394 e. The molecule has 3 heterocycles. The first-order chi connectivity index (χ1) is 15.9. The van der Waals surface area contributed by atoms with E-state index >= 15 is 0 Å². The van der Waals surface area contributed by atoms with Crippen LogP contribution < -0.4 is 4.90 Å². The Morgan fingerprint density at radius 2 is 1.88 bits per heavy atom. The number of likely N-dealkylation sites (N-methyl/N-ethyl adjacent to an activating group) is 1. The monoisotopic (exact) mass is 462 g/mol. The summed E-state index contributed by atoms with van der Waals surface area (Å²) in [5, 5.41) is 10.0. The highest BCUT2D eigenvalue weighted by Crippen LogP contribution is 2.49. The van der Waals surface area contributed by atoms with Crippen molar-refractivity contribution in [3.8, 4) is 11.8 Å². The van der Waals surface area contributed by atoms with Crippen LogP contribution in [0.1, 0.15) is 36.1 Å². The van der Waals surface area contributed by atoms with Crippen molar-refractivity contribution in [1.29, 1.82) is 0 Å². The van der Waals surface area contributed by atoms with Crippen LogP contribution in [0.25, 0.3) is 0 Å². The minimum Gasteiger partial charge on any atom is -0.394 e. The molecule has 3 aliphatic heterocycles. The van der Waals surface area contributed by atoms with Gasteiger partial charge in [0.1, 0.15) is 0 Å². The molecule has 1 saturated heterocycles. The van der Waals surface area contributed by atoms with Crippen LogP contribution in [0.15, 0.2) is 58.5 Å². The van der Waals surface area contributed by atoms with Crippen LogP contribution in [0.3, 0.4) is 0 Å². The number of hydrogen-bond acceptors (Lipinski definition) is 6. The van der Waals surface area contributed by atoms with Crippen LogP contribution in [0.4, 0.5) is 5.69 Å². The Kier molecular flexibility index (Phi) is 5.57. The fourth-order valence-electron chi connectivity index (χ4n) is 5.08. The number of sulfonamides is 1. The van der Waals surface area contributed by atoms with Gasteiger partial charge in [0.15, 0.2) is 0 Å². The van der Waals surface area contributed by atoms with Crippen molar-refractivity contribution < 1.29 is 13.5 Å². The maximum absolute atomic E-state index is 13.5. The second-order valence-electron chi connectivity index (χ2n) is 8.69. The van der Waals surface area contributed by atoms with Crippen LogP contribution in [0, 0.1) is 17.8 Å². The molecule has 170 valence electrons. The number of aliphatic hydroxyl groups is 1. The zero-order valence-electron chi connectivity index (χ0n) is 18.6. The molecule has 0 aliphatic carbocycles. The third-order valence-corrected chi connectivity index (χ3v) is 8.38. The summed E-state index contributed by atoms with van der Waals surface area (Å²) in [7, 11) is -1.90. The minimum atomic E-state index is -3.85. The van der Waals surface area contributed by atoms with E-state index < -0.39 is 16.1 Å². The third kappa shape index (κ3) is 3.76. The highest BCUT2D eigenvalue weighted by Gasteiger charge is 2.51. The van der Waals surface area contributed by atoms with E-state index in [9.17, 15) is 13.5 Å². The minimum absolute atomic E-state index is 0.0389. The van der Waals surface area contributed by atoms with Crippen molar-refractivity contribution in [2.45, 2.75) is 31.5 Å². The Balaban J connectivity index is 1.58. The van der Waals surface area contributed by atoms with E-state index in [4.69, 9.17) is 0 Å². The van der Waals surface area contributed by atoms with Gasteiger partial charge in [-0.3, -0.25) is 0 Å². The van der Waals surface area contributed by atoms with Crippen molar-refractivity contribution in [2.24, 2.45) is 15.9 Å². The van der Waals surface area contributed by atoms with E-state index in [0.29, 0.717) is 13.0 Å². The molecular weight excluding hydrogens is 436 g/mol. The van der Waals surface area contributed by atoms with Gasteiger partial charge in [0.2, 0.25) is 0 Å². The Hall–Kier alpha value is -2.99. The number of benzene rings is 2. The molecule has 7 nitrogen and oxygen atoms in total. The average molecular weight is 463 g/mol. The number of hydrogen-bond donors (Lipinski definition) is 1. The van der Waals surface area contributed by atoms with Gasteiger partial charge in [0, 0.05) is 42.5 Å². The van der Waals surface area contributed by atoms with Crippen molar-refractivity contribution in [2.75, 3.05) is 25.1 Å². The average Bonchev–Trinajstić information content (AvgIpc) is 3.46. The van der Waals surface area contributed by atoms with Crippen molar-refractivity contribution >= 4 is 27.1 Å². The molecular formula is C25H26N4O3S. The summed E-state index contributed by atoms with van der Waals surface area (Å²) in [5.41, 5.74) is 3.56. The Morgan fingerprint density at radius 1 is 1.12 bits per heavy atom. The summed E-state index contributed by atoms with van der Waals surface area (Å²) in [4.78, 5) is 10.4. The zero-order chi connectivity index (χ0) is 23.2. The van der Waals surface area contributed by atoms with Crippen LogP contribution in [0.2, 0.25) is 0 Å². The summed E-state index contributed by atoms with van der Waals surface area (Å²) in [5.74, 6) is 6.35. The second kappa shape index (κ2) is 8.41. The molecule has 2 aromatic carbocycles. The fraction of sp³-hybridized carbons (Fsp3) is 0.360. The SMILES string of the molecule is CC1C=NC(S(=O)(=O)N2CC[C@H]3[C@@H](CO)N(C)c4ccc(C#Cc5ccccc5)cc4[C@H]32)=N1. The van der Waals surface area contributed by atoms with Gasteiger partial charge in [0.25, 0.3) is 15.2 Å². The van der Waals surface area contributed by atoms with Crippen LogP contribution in [-0.4, -0.2) is 61.5 Å². The first-order valence-electron chi connectivity index (χ1n) is 11.1. The molecule has 33 heavy (non-hydrogen) atoms. The maximum Gasteiger partial charge on any atom is 0.278 e. The zero-order valence-corrected chi connectivity index (χ0v) is 19.4. The number of nitrogens with zero attached hydrogens (tertiary/aromatic N) is 4. The van der Waals surface area contributed by atoms with E-state index in [0.717, 1.165) is 22.4 Å². The lowest BCUT2D eigenvalue weighted by Crippen LogP contribution is -2.48. The molecule has 1 fully saturated rings. The lowest BCUT2D eigenvalue weighted by atomic mass is 9.82. The summed E-state index contributed by atoms with van der Waals surface area (Å²) in [6.45, 7) is 2.13. The molecule has 8 heteroatoms. The van der Waals surface area contributed by atoms with E-state index in [-0.39, 0.29) is 29.8 Å². The van der Waals surface area contributed by atoms with Crippen LogP contribution in [0.5, 0.6) is 0 Å². The number of rotatable bonds is 2. The molecule has 0 spiro atoms. The van der Waals surface area contributed by atoms with Gasteiger partial charge in [-0.1, -0.05) is 30.0 Å².